The number of carbonyl (C=O) groups is 1. The molecule has 4 heteroatoms. The van der Waals surface area contributed by atoms with E-state index in [1.54, 1.807) is 0 Å². The fourth-order valence-electron chi connectivity index (χ4n) is 2.89. The third-order valence-electron chi connectivity index (χ3n) is 4.15. The molecule has 1 aliphatic heterocycles. The van der Waals surface area contributed by atoms with Crippen molar-refractivity contribution < 1.29 is 9.53 Å². The molecule has 0 aromatic heterocycles. The molecular weight excluding hydrogens is 252 g/mol. The van der Waals surface area contributed by atoms with Crippen molar-refractivity contribution in [2.24, 2.45) is 0 Å². The Labute approximate surface area is 120 Å². The average Bonchev–Trinajstić information content (AvgIpc) is 3.21. The Balaban J connectivity index is 1.71. The van der Waals surface area contributed by atoms with Crippen LogP contribution in [-0.2, 0) is 9.53 Å². The molecule has 4 nitrogen and oxygen atoms in total. The van der Waals surface area contributed by atoms with Gasteiger partial charge in [0, 0.05) is 19.8 Å². The number of carbonyl (C=O) groups excluding carboxylic acids is 1. The van der Waals surface area contributed by atoms with E-state index in [1.807, 2.05) is 30.0 Å². The topological polar surface area (TPSA) is 41.6 Å². The highest BCUT2D eigenvalue weighted by Crippen LogP contribution is 2.45. The highest BCUT2D eigenvalue weighted by molar-refractivity contribution is 5.92. The number of rotatable bonds is 6. The number of nitrogens with zero attached hydrogens (tertiary/aromatic N) is 1. The Bertz CT molecular complexity index is 471. The highest BCUT2D eigenvalue weighted by Gasteiger charge is 2.59. The molecule has 1 heterocycles. The summed E-state index contributed by atoms with van der Waals surface area (Å²) < 4.78 is 5.38. The summed E-state index contributed by atoms with van der Waals surface area (Å²) in [5.41, 5.74) is 0.910. The summed E-state index contributed by atoms with van der Waals surface area (Å²) in [5, 5.41) is 3.53. The van der Waals surface area contributed by atoms with E-state index in [9.17, 15) is 4.79 Å². The third kappa shape index (κ3) is 2.45. The van der Waals surface area contributed by atoms with Gasteiger partial charge in [-0.1, -0.05) is 30.3 Å². The number of hydrogen-bond donors (Lipinski definition) is 1. The minimum atomic E-state index is -0.258. The maximum atomic E-state index is 12.6. The van der Waals surface area contributed by atoms with E-state index >= 15 is 0 Å². The number of nitrogens with one attached hydrogen (secondary N) is 1. The molecule has 1 amide bonds. The maximum Gasteiger partial charge on any atom is 0.244 e. The Morgan fingerprint density at radius 1 is 1.35 bits per heavy atom. The summed E-state index contributed by atoms with van der Waals surface area (Å²) in [4.78, 5) is 14.5. The predicted octanol–water partition coefficient (Wildman–Crippen LogP) is 2.08. The van der Waals surface area contributed by atoms with Gasteiger partial charge in [0.15, 0.2) is 0 Å². The van der Waals surface area contributed by atoms with E-state index in [4.69, 9.17) is 4.74 Å². The zero-order valence-electron chi connectivity index (χ0n) is 12.0. The van der Waals surface area contributed by atoms with Crippen LogP contribution in [0.2, 0.25) is 0 Å². The van der Waals surface area contributed by atoms with E-state index in [1.165, 1.54) is 5.56 Å². The average molecular weight is 274 g/mol. The van der Waals surface area contributed by atoms with Crippen molar-refractivity contribution >= 4 is 5.91 Å². The molecule has 108 valence electrons. The molecule has 1 N–H and O–H groups in total. The summed E-state index contributed by atoms with van der Waals surface area (Å²) in [5.74, 6) is 0.267. The lowest BCUT2D eigenvalue weighted by molar-refractivity contribution is -0.131. The molecule has 1 saturated carbocycles. The SMILES string of the molecule is CCOCCCN1C(=O)C2(CC2)NC1c1ccccc1. The molecule has 1 spiro atoms. The lowest BCUT2D eigenvalue weighted by Gasteiger charge is -2.24. The van der Waals surface area contributed by atoms with Gasteiger partial charge in [0.05, 0.1) is 0 Å². The van der Waals surface area contributed by atoms with Crippen molar-refractivity contribution in [2.75, 3.05) is 19.8 Å². The lowest BCUT2D eigenvalue weighted by atomic mass is 10.1. The van der Waals surface area contributed by atoms with Crippen LogP contribution in [0.3, 0.4) is 0 Å². The van der Waals surface area contributed by atoms with Crippen LogP contribution in [0.25, 0.3) is 0 Å². The Morgan fingerprint density at radius 3 is 2.75 bits per heavy atom. The standard InChI is InChI=1S/C16H22N2O2/c1-2-20-12-6-11-18-14(13-7-4-3-5-8-13)17-16(9-10-16)15(18)19/h3-5,7-8,14,17H,2,6,9-12H2,1H3. The fourth-order valence-corrected chi connectivity index (χ4v) is 2.89. The zero-order valence-corrected chi connectivity index (χ0v) is 12.0. The van der Waals surface area contributed by atoms with Crippen LogP contribution in [0.4, 0.5) is 0 Å². The lowest BCUT2D eigenvalue weighted by Crippen LogP contribution is -2.33. The first-order chi connectivity index (χ1) is 9.77. The summed E-state index contributed by atoms with van der Waals surface area (Å²) in [6.45, 7) is 4.20. The summed E-state index contributed by atoms with van der Waals surface area (Å²) in [7, 11) is 0. The van der Waals surface area contributed by atoms with Crippen LogP contribution < -0.4 is 5.32 Å². The molecule has 1 aliphatic carbocycles. The summed E-state index contributed by atoms with van der Waals surface area (Å²) in [6.07, 6.45) is 2.85. The second kappa shape index (κ2) is 5.54. The van der Waals surface area contributed by atoms with E-state index in [0.717, 1.165) is 39.0 Å². The molecule has 20 heavy (non-hydrogen) atoms. The molecule has 1 aromatic rings. The van der Waals surface area contributed by atoms with Gasteiger partial charge in [0.2, 0.25) is 5.91 Å². The van der Waals surface area contributed by atoms with Gasteiger partial charge in [-0.05, 0) is 31.7 Å². The van der Waals surface area contributed by atoms with Crippen LogP contribution >= 0.6 is 0 Å². The van der Waals surface area contributed by atoms with E-state index in [2.05, 4.69) is 17.4 Å². The first-order valence-electron chi connectivity index (χ1n) is 7.48. The molecule has 3 rings (SSSR count). The first kappa shape index (κ1) is 13.6. The monoisotopic (exact) mass is 274 g/mol. The largest absolute Gasteiger partial charge is 0.382 e. The highest BCUT2D eigenvalue weighted by atomic mass is 16.5. The normalized spacial score (nSPS) is 23.6. The van der Waals surface area contributed by atoms with Crippen molar-refractivity contribution in [3.63, 3.8) is 0 Å². The minimum Gasteiger partial charge on any atom is -0.382 e. The Morgan fingerprint density at radius 2 is 2.10 bits per heavy atom. The number of amides is 1. The molecule has 2 fully saturated rings. The molecule has 0 radical (unpaired) electrons. The number of benzene rings is 1. The van der Waals surface area contributed by atoms with E-state index in [0.29, 0.717) is 0 Å². The molecule has 1 aromatic carbocycles. The van der Waals surface area contributed by atoms with Gasteiger partial charge < -0.3 is 9.64 Å². The van der Waals surface area contributed by atoms with Crippen molar-refractivity contribution in [3.8, 4) is 0 Å². The molecule has 1 unspecified atom stereocenters. The van der Waals surface area contributed by atoms with Crippen LogP contribution in [0, 0.1) is 0 Å². The van der Waals surface area contributed by atoms with Gasteiger partial charge in [-0.2, -0.15) is 0 Å². The summed E-state index contributed by atoms with van der Waals surface area (Å²) in [6, 6.07) is 10.2. The molecule has 1 saturated heterocycles. The van der Waals surface area contributed by atoms with Gasteiger partial charge >= 0.3 is 0 Å². The second-order valence-electron chi connectivity index (χ2n) is 5.59. The van der Waals surface area contributed by atoms with E-state index < -0.39 is 0 Å². The Hall–Kier alpha value is -1.39. The van der Waals surface area contributed by atoms with Gasteiger partial charge in [0.25, 0.3) is 0 Å². The van der Waals surface area contributed by atoms with Crippen LogP contribution in [0.5, 0.6) is 0 Å². The van der Waals surface area contributed by atoms with Crippen molar-refractivity contribution in [3.05, 3.63) is 35.9 Å². The second-order valence-corrected chi connectivity index (χ2v) is 5.59. The Kier molecular flexibility index (Phi) is 3.76. The van der Waals surface area contributed by atoms with Crippen molar-refractivity contribution in [1.29, 1.82) is 0 Å². The maximum absolute atomic E-state index is 12.6. The molecule has 1 atom stereocenters. The van der Waals surface area contributed by atoms with E-state index in [-0.39, 0.29) is 17.6 Å². The van der Waals surface area contributed by atoms with Gasteiger partial charge in [-0.15, -0.1) is 0 Å². The quantitative estimate of drug-likeness (QED) is 0.808. The van der Waals surface area contributed by atoms with Crippen LogP contribution in [0.15, 0.2) is 30.3 Å². The van der Waals surface area contributed by atoms with Crippen LogP contribution in [0.1, 0.15) is 37.9 Å². The molecule has 2 aliphatic rings. The number of ether oxygens (including phenoxy) is 1. The van der Waals surface area contributed by atoms with Gasteiger partial charge in [-0.3, -0.25) is 10.1 Å². The first-order valence-corrected chi connectivity index (χ1v) is 7.48. The minimum absolute atomic E-state index is 0.0211. The summed E-state index contributed by atoms with van der Waals surface area (Å²) >= 11 is 0. The van der Waals surface area contributed by atoms with Gasteiger partial charge in [0.1, 0.15) is 11.7 Å². The number of hydrogen-bond acceptors (Lipinski definition) is 3. The zero-order chi connectivity index (χ0) is 14.0. The van der Waals surface area contributed by atoms with Gasteiger partial charge in [-0.25, -0.2) is 0 Å². The van der Waals surface area contributed by atoms with Crippen molar-refractivity contribution in [2.45, 2.75) is 37.9 Å². The molecule has 0 bridgehead atoms. The third-order valence-corrected chi connectivity index (χ3v) is 4.15. The van der Waals surface area contributed by atoms with Crippen LogP contribution in [-0.4, -0.2) is 36.1 Å². The predicted molar refractivity (Wildman–Crippen MR) is 77.1 cm³/mol. The molecular formula is C16H22N2O2. The smallest absolute Gasteiger partial charge is 0.244 e. The van der Waals surface area contributed by atoms with Crippen molar-refractivity contribution in [1.82, 2.24) is 10.2 Å². The fraction of sp³-hybridized carbons (Fsp3) is 0.562.